The number of rotatable bonds is 2. The van der Waals surface area contributed by atoms with E-state index in [9.17, 15) is 4.79 Å². The molecule has 78 valence electrons. The van der Waals surface area contributed by atoms with Gasteiger partial charge in [-0.3, -0.25) is 4.79 Å². The fourth-order valence-corrected chi connectivity index (χ4v) is 1.85. The summed E-state index contributed by atoms with van der Waals surface area (Å²) in [7, 11) is 0. The molecule has 4 nitrogen and oxygen atoms in total. The van der Waals surface area contributed by atoms with Gasteiger partial charge in [0, 0.05) is 0 Å². The van der Waals surface area contributed by atoms with Crippen molar-refractivity contribution in [3.8, 4) is 0 Å². The maximum atomic E-state index is 10.9. The molecule has 0 spiro atoms. The highest BCUT2D eigenvalue weighted by Gasteiger charge is 2.33. The van der Waals surface area contributed by atoms with E-state index in [1.165, 1.54) is 0 Å². The summed E-state index contributed by atoms with van der Waals surface area (Å²) >= 11 is 0. The van der Waals surface area contributed by atoms with E-state index in [0.717, 1.165) is 17.6 Å². The van der Waals surface area contributed by atoms with Crippen LogP contribution in [-0.4, -0.2) is 22.0 Å². The summed E-state index contributed by atoms with van der Waals surface area (Å²) in [5.41, 5.74) is 2.27. The van der Waals surface area contributed by atoms with Gasteiger partial charge < -0.3 is 10.3 Å². The highest BCUT2D eigenvalue weighted by atomic mass is 16.4. The number of oxime groups is 1. The zero-order valence-corrected chi connectivity index (χ0v) is 8.45. The van der Waals surface area contributed by atoms with Crippen molar-refractivity contribution in [2.24, 2.45) is 11.1 Å². The molecule has 1 fully saturated rings. The van der Waals surface area contributed by atoms with Crippen LogP contribution in [0, 0.1) is 5.92 Å². The van der Waals surface area contributed by atoms with Gasteiger partial charge in [0.1, 0.15) is 0 Å². The highest BCUT2D eigenvalue weighted by Crippen LogP contribution is 2.32. The number of allylic oxidation sites excluding steroid dienone is 1. The first kappa shape index (κ1) is 10.8. The van der Waals surface area contributed by atoms with Gasteiger partial charge in [0.25, 0.3) is 0 Å². The zero-order chi connectivity index (χ0) is 10.7. The van der Waals surface area contributed by atoms with Crippen LogP contribution < -0.4 is 0 Å². The summed E-state index contributed by atoms with van der Waals surface area (Å²) in [4.78, 5) is 10.9. The van der Waals surface area contributed by atoms with Crippen molar-refractivity contribution >= 4 is 11.7 Å². The zero-order valence-electron chi connectivity index (χ0n) is 8.45. The minimum absolute atomic E-state index is 0.485. The van der Waals surface area contributed by atoms with E-state index >= 15 is 0 Å². The van der Waals surface area contributed by atoms with Crippen molar-refractivity contribution in [3.63, 3.8) is 0 Å². The van der Waals surface area contributed by atoms with E-state index in [-0.39, 0.29) is 0 Å². The average Bonchev–Trinajstić information content (AvgIpc) is 2.59. The lowest BCUT2D eigenvalue weighted by atomic mass is 9.96. The van der Waals surface area contributed by atoms with Crippen LogP contribution in [0.25, 0.3) is 0 Å². The third-order valence-corrected chi connectivity index (χ3v) is 2.74. The second-order valence-electron chi connectivity index (χ2n) is 3.52. The van der Waals surface area contributed by atoms with Gasteiger partial charge in [0.2, 0.25) is 0 Å². The number of carboxylic acid groups (broad SMARTS) is 1. The van der Waals surface area contributed by atoms with Crippen molar-refractivity contribution < 1.29 is 15.1 Å². The number of hydrogen-bond donors (Lipinski definition) is 2. The van der Waals surface area contributed by atoms with Crippen molar-refractivity contribution in [1.82, 2.24) is 0 Å². The molecule has 4 heteroatoms. The Morgan fingerprint density at radius 3 is 2.71 bits per heavy atom. The molecule has 1 saturated carbocycles. The maximum absolute atomic E-state index is 10.9. The van der Waals surface area contributed by atoms with E-state index < -0.39 is 11.9 Å². The van der Waals surface area contributed by atoms with Gasteiger partial charge in [0.15, 0.2) is 0 Å². The molecule has 0 aromatic rings. The van der Waals surface area contributed by atoms with Crippen LogP contribution in [0.3, 0.4) is 0 Å². The molecule has 0 amide bonds. The molecule has 0 aromatic carbocycles. The van der Waals surface area contributed by atoms with E-state index in [2.05, 4.69) is 5.16 Å². The number of aliphatic carboxylic acids is 1. The third kappa shape index (κ3) is 1.78. The van der Waals surface area contributed by atoms with Crippen molar-refractivity contribution in [1.29, 1.82) is 0 Å². The fraction of sp³-hybridized carbons (Fsp3) is 0.600. The predicted octanol–water partition coefficient (Wildman–Crippen LogP) is 2.04. The molecule has 14 heavy (non-hydrogen) atoms. The lowest BCUT2D eigenvalue weighted by molar-refractivity contribution is -0.140. The fourth-order valence-electron chi connectivity index (χ4n) is 1.85. The molecule has 1 aliphatic carbocycles. The van der Waals surface area contributed by atoms with Crippen LogP contribution in [0.5, 0.6) is 0 Å². The van der Waals surface area contributed by atoms with Crippen LogP contribution in [-0.2, 0) is 4.79 Å². The lowest BCUT2D eigenvalue weighted by Gasteiger charge is -2.09. The normalized spacial score (nSPS) is 28.1. The Kier molecular flexibility index (Phi) is 3.28. The van der Waals surface area contributed by atoms with E-state index in [1.807, 2.05) is 13.8 Å². The van der Waals surface area contributed by atoms with Crippen LogP contribution >= 0.6 is 0 Å². The topological polar surface area (TPSA) is 69.9 Å². The number of carboxylic acids is 1. The summed E-state index contributed by atoms with van der Waals surface area (Å²) in [6.07, 6.45) is 1.89. The van der Waals surface area contributed by atoms with E-state index in [4.69, 9.17) is 10.3 Å². The first-order valence-electron chi connectivity index (χ1n) is 4.75. The quantitative estimate of drug-likeness (QED) is 0.525. The molecule has 1 atom stereocenters. The van der Waals surface area contributed by atoms with Crippen molar-refractivity contribution in [3.05, 3.63) is 11.1 Å². The Morgan fingerprint density at radius 1 is 1.64 bits per heavy atom. The Balaban J connectivity index is 3.11. The minimum Gasteiger partial charge on any atom is -0.481 e. The Bertz CT molecular complexity index is 304. The van der Waals surface area contributed by atoms with Crippen LogP contribution in [0.15, 0.2) is 16.3 Å². The van der Waals surface area contributed by atoms with Crippen LogP contribution in [0.1, 0.15) is 33.1 Å². The van der Waals surface area contributed by atoms with Gasteiger partial charge in [-0.2, -0.15) is 0 Å². The minimum atomic E-state index is -0.827. The average molecular weight is 197 g/mol. The summed E-state index contributed by atoms with van der Waals surface area (Å²) in [5.74, 6) is -1.31. The number of hydrogen-bond acceptors (Lipinski definition) is 3. The summed E-state index contributed by atoms with van der Waals surface area (Å²) < 4.78 is 0. The van der Waals surface area contributed by atoms with Gasteiger partial charge >= 0.3 is 5.97 Å². The van der Waals surface area contributed by atoms with Crippen molar-refractivity contribution in [2.75, 3.05) is 0 Å². The number of nitrogens with zero attached hydrogens (tertiary/aromatic N) is 1. The van der Waals surface area contributed by atoms with E-state index in [1.54, 1.807) is 0 Å². The monoisotopic (exact) mass is 197 g/mol. The first-order valence-corrected chi connectivity index (χ1v) is 4.75. The number of carbonyl (C=O) groups is 1. The lowest BCUT2D eigenvalue weighted by Crippen LogP contribution is -2.14. The highest BCUT2D eigenvalue weighted by molar-refractivity contribution is 6.07. The molecule has 1 rings (SSSR count). The first-order chi connectivity index (χ1) is 6.61. The Hall–Kier alpha value is -1.32. The van der Waals surface area contributed by atoms with E-state index in [0.29, 0.717) is 18.6 Å². The van der Waals surface area contributed by atoms with Gasteiger partial charge in [0.05, 0.1) is 11.6 Å². The molecule has 0 saturated heterocycles. The van der Waals surface area contributed by atoms with Gasteiger partial charge in [-0.1, -0.05) is 17.7 Å². The summed E-state index contributed by atoms with van der Waals surface area (Å²) in [6, 6.07) is 0. The molecule has 1 unspecified atom stereocenters. The second kappa shape index (κ2) is 4.26. The Morgan fingerprint density at radius 2 is 2.29 bits per heavy atom. The molecule has 2 N–H and O–H groups in total. The molecule has 0 aliphatic heterocycles. The van der Waals surface area contributed by atoms with Gasteiger partial charge in [-0.25, -0.2) is 0 Å². The molecule has 0 aromatic heterocycles. The molecule has 0 radical (unpaired) electrons. The Labute approximate surface area is 82.9 Å². The third-order valence-electron chi connectivity index (χ3n) is 2.74. The smallest absolute Gasteiger partial charge is 0.311 e. The molecule has 0 heterocycles. The summed E-state index contributed by atoms with van der Waals surface area (Å²) in [5, 5.41) is 20.9. The molecular weight excluding hydrogens is 182 g/mol. The van der Waals surface area contributed by atoms with Gasteiger partial charge in [-0.05, 0) is 31.8 Å². The van der Waals surface area contributed by atoms with Crippen LogP contribution in [0.2, 0.25) is 0 Å². The second-order valence-corrected chi connectivity index (χ2v) is 3.52. The summed E-state index contributed by atoms with van der Waals surface area (Å²) in [6.45, 7) is 3.86. The molecule has 0 bridgehead atoms. The van der Waals surface area contributed by atoms with Crippen LogP contribution in [0.4, 0.5) is 0 Å². The molecular formula is C10H15NO3. The molecule has 1 aliphatic rings. The predicted molar refractivity (Wildman–Crippen MR) is 52.6 cm³/mol. The van der Waals surface area contributed by atoms with Crippen molar-refractivity contribution in [2.45, 2.75) is 33.1 Å². The maximum Gasteiger partial charge on any atom is 0.311 e. The standard InChI is InChI=1S/C10H15NO3/c1-3-6(2)9-7(10(12)13)4-5-8(9)11-14/h7,14H,3-5H2,1-2H3,(H,12,13)/b9-6+,11-8+. The SMILES string of the molecule is CC/C(C)=C1/C(=N/O)CCC1C(=O)O. The van der Waals surface area contributed by atoms with Gasteiger partial charge in [-0.15, -0.1) is 0 Å². The largest absolute Gasteiger partial charge is 0.481 e.